The van der Waals surface area contributed by atoms with E-state index in [2.05, 4.69) is 27.1 Å². The molecule has 1 aromatic rings. The van der Waals surface area contributed by atoms with Gasteiger partial charge in [-0.3, -0.25) is 0 Å². The Morgan fingerprint density at radius 3 is 2.89 bits per heavy atom. The molecule has 1 N–H and O–H groups in total. The molecule has 0 bridgehead atoms. The lowest BCUT2D eigenvalue weighted by Crippen LogP contribution is -2.43. The van der Waals surface area contributed by atoms with Crippen LogP contribution in [0.15, 0.2) is 34.7 Å². The minimum absolute atomic E-state index is 0.415. The fraction of sp³-hybridized carbons (Fsp3) is 0.462. The highest BCUT2D eigenvalue weighted by molar-refractivity contribution is 5.96. The molecule has 0 amide bonds. The number of aromatic nitrogens is 2. The Morgan fingerprint density at radius 1 is 1.33 bits per heavy atom. The van der Waals surface area contributed by atoms with Crippen LogP contribution in [0.3, 0.4) is 0 Å². The van der Waals surface area contributed by atoms with Crippen molar-refractivity contribution < 1.29 is 0 Å². The molecule has 18 heavy (non-hydrogen) atoms. The van der Waals surface area contributed by atoms with Crippen LogP contribution >= 0.6 is 0 Å². The van der Waals surface area contributed by atoms with Crippen LogP contribution in [0.2, 0.25) is 0 Å². The van der Waals surface area contributed by atoms with E-state index in [0.29, 0.717) is 11.9 Å². The Bertz CT molecular complexity index is 505. The maximum atomic E-state index is 4.76. The number of aliphatic imine (C=N–C) groups is 1. The third-order valence-electron chi connectivity index (χ3n) is 3.48. The van der Waals surface area contributed by atoms with Gasteiger partial charge in [-0.05, 0) is 18.6 Å². The lowest BCUT2D eigenvalue weighted by atomic mass is 9.98. The number of hydrogen-bond acceptors (Lipinski definition) is 5. The molecule has 1 unspecified atom stereocenters. The minimum Gasteiger partial charge on any atom is -0.352 e. The van der Waals surface area contributed by atoms with E-state index in [4.69, 9.17) is 4.99 Å². The first-order valence-electron chi connectivity index (χ1n) is 6.28. The monoisotopic (exact) mass is 243 g/mol. The Hall–Kier alpha value is -1.75. The van der Waals surface area contributed by atoms with Crippen molar-refractivity contribution in [2.75, 3.05) is 20.1 Å². The highest BCUT2D eigenvalue weighted by Gasteiger charge is 2.27. The van der Waals surface area contributed by atoms with Gasteiger partial charge >= 0.3 is 0 Å². The maximum Gasteiger partial charge on any atom is 0.195 e. The van der Waals surface area contributed by atoms with Crippen LogP contribution in [0, 0.1) is 0 Å². The number of likely N-dealkylation sites (N-methyl/N-ethyl adjacent to an activating group) is 1. The Morgan fingerprint density at radius 2 is 2.11 bits per heavy atom. The molecule has 5 heteroatoms. The lowest BCUT2D eigenvalue weighted by molar-refractivity contribution is 0.462. The molecule has 3 heterocycles. The summed E-state index contributed by atoms with van der Waals surface area (Å²) in [5.74, 6) is 1.58. The molecule has 0 saturated heterocycles. The molecular formula is C13H17N5. The van der Waals surface area contributed by atoms with Gasteiger partial charge in [0.15, 0.2) is 11.7 Å². The van der Waals surface area contributed by atoms with Gasteiger partial charge < -0.3 is 10.2 Å². The Kier molecular flexibility index (Phi) is 2.83. The second-order valence-electron chi connectivity index (χ2n) is 4.76. The van der Waals surface area contributed by atoms with Crippen molar-refractivity contribution in [1.82, 2.24) is 20.2 Å². The minimum atomic E-state index is 0.415. The SMILES string of the molecule is CC1NCCC2=C1CN(C)C(c1ncccn1)=N2. The second-order valence-corrected chi connectivity index (χ2v) is 4.76. The summed E-state index contributed by atoms with van der Waals surface area (Å²) < 4.78 is 0. The molecule has 0 spiro atoms. The smallest absolute Gasteiger partial charge is 0.195 e. The van der Waals surface area contributed by atoms with E-state index in [1.165, 1.54) is 11.3 Å². The number of rotatable bonds is 1. The molecule has 1 aromatic heterocycles. The van der Waals surface area contributed by atoms with Gasteiger partial charge in [-0.25, -0.2) is 15.0 Å². The summed E-state index contributed by atoms with van der Waals surface area (Å²) in [5.41, 5.74) is 2.60. The van der Waals surface area contributed by atoms with E-state index in [9.17, 15) is 0 Å². The maximum absolute atomic E-state index is 4.76. The van der Waals surface area contributed by atoms with Gasteiger partial charge in [0.05, 0.1) is 0 Å². The highest BCUT2D eigenvalue weighted by Crippen LogP contribution is 2.24. The Labute approximate surface area is 107 Å². The van der Waals surface area contributed by atoms with E-state index in [0.717, 1.165) is 25.3 Å². The van der Waals surface area contributed by atoms with Crippen LogP contribution in [0.5, 0.6) is 0 Å². The van der Waals surface area contributed by atoms with Gasteiger partial charge in [-0.2, -0.15) is 0 Å². The summed E-state index contributed by atoms with van der Waals surface area (Å²) in [6.07, 6.45) is 4.51. The molecule has 0 saturated carbocycles. The summed E-state index contributed by atoms with van der Waals surface area (Å²) >= 11 is 0. The second kappa shape index (κ2) is 4.49. The van der Waals surface area contributed by atoms with Crippen LogP contribution in [0.4, 0.5) is 0 Å². The van der Waals surface area contributed by atoms with E-state index >= 15 is 0 Å². The number of nitrogens with zero attached hydrogens (tertiary/aromatic N) is 4. The van der Waals surface area contributed by atoms with Crippen molar-refractivity contribution in [2.45, 2.75) is 19.4 Å². The van der Waals surface area contributed by atoms with E-state index < -0.39 is 0 Å². The molecule has 1 atom stereocenters. The average Bonchev–Trinajstić information content (AvgIpc) is 2.40. The normalized spacial score (nSPS) is 23.8. The molecule has 0 aromatic carbocycles. The van der Waals surface area contributed by atoms with Gasteiger partial charge in [-0.1, -0.05) is 0 Å². The summed E-state index contributed by atoms with van der Waals surface area (Å²) in [6, 6.07) is 2.24. The first kappa shape index (κ1) is 11.3. The summed E-state index contributed by atoms with van der Waals surface area (Å²) in [5, 5.41) is 3.47. The third-order valence-corrected chi connectivity index (χ3v) is 3.48. The molecule has 0 radical (unpaired) electrons. The molecule has 0 fully saturated rings. The largest absolute Gasteiger partial charge is 0.352 e. The fourth-order valence-corrected chi connectivity index (χ4v) is 2.48. The quantitative estimate of drug-likeness (QED) is 0.793. The van der Waals surface area contributed by atoms with E-state index in [-0.39, 0.29) is 0 Å². The zero-order valence-corrected chi connectivity index (χ0v) is 10.7. The van der Waals surface area contributed by atoms with Gasteiger partial charge in [-0.15, -0.1) is 0 Å². The molecule has 5 nitrogen and oxygen atoms in total. The van der Waals surface area contributed by atoms with Crippen LogP contribution in [-0.4, -0.2) is 46.9 Å². The van der Waals surface area contributed by atoms with Gasteiger partial charge in [0.25, 0.3) is 0 Å². The average molecular weight is 243 g/mol. The molecular weight excluding hydrogens is 226 g/mol. The van der Waals surface area contributed by atoms with Gasteiger partial charge in [0.2, 0.25) is 0 Å². The van der Waals surface area contributed by atoms with Crippen molar-refractivity contribution in [3.05, 3.63) is 35.6 Å². The third kappa shape index (κ3) is 1.90. The zero-order chi connectivity index (χ0) is 12.5. The highest BCUT2D eigenvalue weighted by atomic mass is 15.2. The molecule has 0 aliphatic carbocycles. The van der Waals surface area contributed by atoms with Gasteiger partial charge in [0.1, 0.15) is 0 Å². The van der Waals surface area contributed by atoms with Crippen LogP contribution in [0.25, 0.3) is 0 Å². The molecule has 3 rings (SSSR count). The number of hydrogen-bond donors (Lipinski definition) is 1. The molecule has 94 valence electrons. The zero-order valence-electron chi connectivity index (χ0n) is 10.7. The van der Waals surface area contributed by atoms with Crippen LogP contribution < -0.4 is 5.32 Å². The Balaban J connectivity index is 2.01. The predicted octanol–water partition coefficient (Wildman–Crippen LogP) is 0.804. The summed E-state index contributed by atoms with van der Waals surface area (Å²) in [4.78, 5) is 15.5. The van der Waals surface area contributed by atoms with Crippen LogP contribution in [0.1, 0.15) is 19.2 Å². The van der Waals surface area contributed by atoms with Crippen molar-refractivity contribution >= 4 is 5.84 Å². The number of nitrogens with one attached hydrogen (secondary N) is 1. The molecule has 2 aliphatic heterocycles. The van der Waals surface area contributed by atoms with Crippen molar-refractivity contribution in [2.24, 2.45) is 4.99 Å². The fourth-order valence-electron chi connectivity index (χ4n) is 2.48. The summed E-state index contributed by atoms with van der Waals surface area (Å²) in [7, 11) is 2.04. The van der Waals surface area contributed by atoms with Gasteiger partial charge in [0, 0.05) is 50.7 Å². The first-order chi connectivity index (χ1) is 8.75. The lowest BCUT2D eigenvalue weighted by Gasteiger charge is -2.34. The topological polar surface area (TPSA) is 53.4 Å². The summed E-state index contributed by atoms with van der Waals surface area (Å²) in [6.45, 7) is 4.10. The van der Waals surface area contributed by atoms with E-state index in [1.807, 2.05) is 13.1 Å². The number of amidine groups is 1. The van der Waals surface area contributed by atoms with Crippen molar-refractivity contribution in [1.29, 1.82) is 0 Å². The first-order valence-corrected chi connectivity index (χ1v) is 6.28. The van der Waals surface area contributed by atoms with Crippen molar-refractivity contribution in [3.63, 3.8) is 0 Å². The standard InChI is InChI=1S/C13H17N5/c1-9-10-8-18(2)13(12-15-5-3-6-16-12)17-11(10)4-7-14-9/h3,5-6,9,14H,4,7-8H2,1-2H3. The van der Waals surface area contributed by atoms with Crippen molar-refractivity contribution in [3.8, 4) is 0 Å². The van der Waals surface area contributed by atoms with Crippen LogP contribution in [-0.2, 0) is 0 Å². The van der Waals surface area contributed by atoms with E-state index in [1.54, 1.807) is 12.4 Å². The predicted molar refractivity (Wildman–Crippen MR) is 70.3 cm³/mol. The molecule has 2 aliphatic rings.